The summed E-state index contributed by atoms with van der Waals surface area (Å²) in [6.07, 6.45) is -3.94. The first kappa shape index (κ1) is 24.4. The number of alkyl halides is 3. The van der Waals surface area contributed by atoms with Crippen molar-refractivity contribution in [2.24, 2.45) is 0 Å². The fourth-order valence-electron chi connectivity index (χ4n) is 3.37. The van der Waals surface area contributed by atoms with Gasteiger partial charge in [-0.25, -0.2) is 4.98 Å². The van der Waals surface area contributed by atoms with Gasteiger partial charge in [-0.2, -0.15) is 13.2 Å². The Kier molecular flexibility index (Phi) is 7.46. The van der Waals surface area contributed by atoms with Crippen LogP contribution in [0.15, 0.2) is 52.9 Å². The van der Waals surface area contributed by atoms with E-state index in [1.54, 1.807) is 6.07 Å². The number of aromatic nitrogens is 1. The van der Waals surface area contributed by atoms with E-state index in [9.17, 15) is 18.0 Å². The quantitative estimate of drug-likeness (QED) is 0.385. The molecule has 0 aliphatic rings. The van der Waals surface area contributed by atoms with Crippen molar-refractivity contribution < 1.29 is 32.2 Å². The Balaban J connectivity index is 1.75. The number of rotatable bonds is 9. The third-order valence-corrected chi connectivity index (χ3v) is 5.16. The summed E-state index contributed by atoms with van der Waals surface area (Å²) in [5.41, 5.74) is 1.34. The molecular formula is C25H26F3NO4. The van der Waals surface area contributed by atoms with Crippen molar-refractivity contribution in [2.75, 3.05) is 6.61 Å². The molecule has 3 rings (SSSR count). The van der Waals surface area contributed by atoms with Gasteiger partial charge in [-0.3, -0.25) is 4.79 Å². The molecule has 0 fully saturated rings. The number of carboxylic acid groups (broad SMARTS) is 1. The summed E-state index contributed by atoms with van der Waals surface area (Å²) in [7, 11) is 0. The van der Waals surface area contributed by atoms with Crippen molar-refractivity contribution in [3.63, 3.8) is 0 Å². The van der Waals surface area contributed by atoms with E-state index in [1.165, 1.54) is 12.1 Å². The summed E-state index contributed by atoms with van der Waals surface area (Å²) in [4.78, 5) is 15.3. The summed E-state index contributed by atoms with van der Waals surface area (Å²) < 4.78 is 50.5. The summed E-state index contributed by atoms with van der Waals surface area (Å²) in [5, 5.41) is 8.85. The average Bonchev–Trinajstić information content (AvgIpc) is 3.22. The Bertz CT molecular complexity index is 1090. The normalized spacial score (nSPS) is 12.7. The van der Waals surface area contributed by atoms with E-state index in [0.717, 1.165) is 23.4 Å². The minimum absolute atomic E-state index is 0.0440. The van der Waals surface area contributed by atoms with Crippen LogP contribution in [0.1, 0.15) is 61.6 Å². The number of benzene rings is 2. The topological polar surface area (TPSA) is 72.6 Å². The fourth-order valence-corrected chi connectivity index (χ4v) is 3.37. The van der Waals surface area contributed by atoms with Crippen molar-refractivity contribution in [2.45, 2.75) is 51.6 Å². The first-order valence-corrected chi connectivity index (χ1v) is 10.7. The number of aliphatic carboxylic acids is 1. The number of halogens is 3. The largest absolute Gasteiger partial charge is 0.493 e. The first-order valence-electron chi connectivity index (χ1n) is 10.7. The van der Waals surface area contributed by atoms with Gasteiger partial charge in [-0.15, -0.1) is 0 Å². The molecule has 3 aromatic rings. The van der Waals surface area contributed by atoms with Gasteiger partial charge in [0.05, 0.1) is 23.8 Å². The number of hydrogen-bond acceptors (Lipinski definition) is 4. The van der Waals surface area contributed by atoms with Crippen molar-refractivity contribution in [1.82, 2.24) is 4.98 Å². The van der Waals surface area contributed by atoms with E-state index in [-0.39, 0.29) is 24.1 Å². The van der Waals surface area contributed by atoms with E-state index in [1.807, 2.05) is 39.0 Å². The third kappa shape index (κ3) is 6.37. The smallest absolute Gasteiger partial charge is 0.416 e. The Hall–Kier alpha value is -3.29. The lowest BCUT2D eigenvalue weighted by molar-refractivity contribution is -0.138. The van der Waals surface area contributed by atoms with E-state index < -0.39 is 17.7 Å². The van der Waals surface area contributed by atoms with Crippen LogP contribution in [-0.4, -0.2) is 22.7 Å². The summed E-state index contributed by atoms with van der Waals surface area (Å²) in [5.74, 6) is 0.546. The summed E-state index contributed by atoms with van der Waals surface area (Å²) in [6, 6.07) is 12.0. The second-order valence-electron chi connectivity index (χ2n) is 8.25. The Labute approximate surface area is 190 Å². The van der Waals surface area contributed by atoms with Crippen LogP contribution >= 0.6 is 0 Å². The molecule has 1 unspecified atom stereocenters. The maximum absolute atomic E-state index is 12.9. The van der Waals surface area contributed by atoms with Crippen molar-refractivity contribution in [3.8, 4) is 17.2 Å². The highest BCUT2D eigenvalue weighted by Gasteiger charge is 2.30. The van der Waals surface area contributed by atoms with E-state index >= 15 is 0 Å². The molecule has 1 aromatic heterocycles. The minimum Gasteiger partial charge on any atom is -0.493 e. The van der Waals surface area contributed by atoms with Crippen molar-refractivity contribution in [3.05, 3.63) is 71.1 Å². The van der Waals surface area contributed by atoms with Gasteiger partial charge in [0.2, 0.25) is 5.89 Å². The number of hydrogen-bond donors (Lipinski definition) is 1. The zero-order chi connectivity index (χ0) is 24.2. The first-order chi connectivity index (χ1) is 15.5. The number of ether oxygens (including phenoxy) is 1. The van der Waals surface area contributed by atoms with Gasteiger partial charge in [0.15, 0.2) is 0 Å². The number of carbonyl (C=O) groups is 1. The van der Waals surface area contributed by atoms with Gasteiger partial charge in [-0.1, -0.05) is 32.9 Å². The minimum atomic E-state index is -4.40. The molecule has 33 heavy (non-hydrogen) atoms. The molecule has 0 aliphatic heterocycles. The van der Waals surface area contributed by atoms with Gasteiger partial charge in [0.1, 0.15) is 11.5 Å². The maximum Gasteiger partial charge on any atom is 0.416 e. The molecule has 0 bridgehead atoms. The van der Waals surface area contributed by atoms with Crippen LogP contribution in [0.3, 0.4) is 0 Å². The second-order valence-corrected chi connectivity index (χ2v) is 8.25. The van der Waals surface area contributed by atoms with E-state index in [2.05, 4.69) is 4.98 Å². The molecule has 1 heterocycles. The molecule has 2 aromatic carbocycles. The predicted molar refractivity (Wildman–Crippen MR) is 117 cm³/mol. The standard InChI is InChI=1S/C25H26F3NO4/c1-15(2)22-23(33-24(29-22)18-8-10-19(11-9-18)25(26,27)28)16(3)14-32-20-6-4-5-17(13-20)7-12-21(30)31/h4-6,8-11,13,15-16H,7,12,14H2,1-3H3,(H,30,31). The third-order valence-electron chi connectivity index (χ3n) is 5.16. The van der Waals surface area contributed by atoms with Crippen LogP contribution in [-0.2, 0) is 17.4 Å². The van der Waals surface area contributed by atoms with Crippen molar-refractivity contribution in [1.29, 1.82) is 0 Å². The van der Waals surface area contributed by atoms with Crippen LogP contribution < -0.4 is 4.74 Å². The highest BCUT2D eigenvalue weighted by atomic mass is 19.4. The van der Waals surface area contributed by atoms with Gasteiger partial charge in [-0.05, 0) is 54.3 Å². The zero-order valence-corrected chi connectivity index (χ0v) is 18.6. The monoisotopic (exact) mass is 461 g/mol. The second kappa shape index (κ2) is 10.1. The Morgan fingerprint density at radius 1 is 1.12 bits per heavy atom. The molecule has 0 saturated carbocycles. The van der Waals surface area contributed by atoms with Crippen molar-refractivity contribution >= 4 is 5.97 Å². The molecule has 0 aliphatic carbocycles. The van der Waals surface area contributed by atoms with Crippen LogP contribution in [0.4, 0.5) is 13.2 Å². The Morgan fingerprint density at radius 2 is 1.82 bits per heavy atom. The van der Waals surface area contributed by atoms with Crippen LogP contribution in [0.2, 0.25) is 0 Å². The van der Waals surface area contributed by atoms with Crippen LogP contribution in [0, 0.1) is 0 Å². The van der Waals surface area contributed by atoms with E-state index in [4.69, 9.17) is 14.3 Å². The van der Waals surface area contributed by atoms with Gasteiger partial charge < -0.3 is 14.3 Å². The lowest BCUT2D eigenvalue weighted by Crippen LogP contribution is -2.09. The van der Waals surface area contributed by atoms with Gasteiger partial charge in [0.25, 0.3) is 0 Å². The number of carboxylic acids is 1. The number of nitrogens with zero attached hydrogens (tertiary/aromatic N) is 1. The molecule has 176 valence electrons. The van der Waals surface area contributed by atoms with Gasteiger partial charge in [0, 0.05) is 12.0 Å². The lowest BCUT2D eigenvalue weighted by atomic mass is 10.0. The molecule has 1 N–H and O–H groups in total. The average molecular weight is 461 g/mol. The van der Waals surface area contributed by atoms with E-state index in [0.29, 0.717) is 30.1 Å². The molecule has 0 saturated heterocycles. The van der Waals surface area contributed by atoms with Crippen LogP contribution in [0.5, 0.6) is 5.75 Å². The molecule has 0 spiro atoms. The fraction of sp³-hybridized carbons (Fsp3) is 0.360. The predicted octanol–water partition coefficient (Wildman–Crippen LogP) is 6.68. The van der Waals surface area contributed by atoms with Crippen LogP contribution in [0.25, 0.3) is 11.5 Å². The highest BCUT2D eigenvalue weighted by Crippen LogP contribution is 2.34. The number of oxazole rings is 1. The van der Waals surface area contributed by atoms with Gasteiger partial charge >= 0.3 is 12.1 Å². The number of aryl methyl sites for hydroxylation is 1. The summed E-state index contributed by atoms with van der Waals surface area (Å²) >= 11 is 0. The molecule has 5 nitrogen and oxygen atoms in total. The molecule has 1 atom stereocenters. The molecule has 0 radical (unpaired) electrons. The molecule has 0 amide bonds. The zero-order valence-electron chi connectivity index (χ0n) is 18.6. The Morgan fingerprint density at radius 3 is 2.42 bits per heavy atom. The molecular weight excluding hydrogens is 435 g/mol. The molecule has 8 heteroatoms. The highest BCUT2D eigenvalue weighted by molar-refractivity contribution is 5.67. The maximum atomic E-state index is 12.9. The SMILES string of the molecule is CC(C)c1nc(-c2ccc(C(F)(F)F)cc2)oc1C(C)COc1cccc(CCC(=O)O)c1. The lowest BCUT2D eigenvalue weighted by Gasteiger charge is -2.14. The summed E-state index contributed by atoms with van der Waals surface area (Å²) in [6.45, 7) is 6.16.